The van der Waals surface area contributed by atoms with Gasteiger partial charge in [0.05, 0.1) is 0 Å². The van der Waals surface area contributed by atoms with Crippen LogP contribution in [-0.2, 0) is 11.8 Å². The number of phenolic OH excluding ortho intramolecular Hbond substituents is 1. The molecule has 8 heteroatoms. The monoisotopic (exact) mass is 419 g/mol. The Hall–Kier alpha value is -2.87. The molecule has 5 nitrogen and oxygen atoms in total. The molecule has 2 aromatic heterocycles. The van der Waals surface area contributed by atoms with Crippen molar-refractivity contribution in [3.63, 3.8) is 0 Å². The van der Waals surface area contributed by atoms with E-state index in [-0.39, 0.29) is 5.75 Å². The number of halogens is 3. The van der Waals surface area contributed by atoms with E-state index in [1.807, 2.05) is 0 Å². The Balaban J connectivity index is 1.98. The molecule has 0 aliphatic heterocycles. The van der Waals surface area contributed by atoms with E-state index in [1.165, 1.54) is 18.5 Å². The van der Waals surface area contributed by atoms with Crippen LogP contribution in [0.2, 0.25) is 0 Å². The number of hydrogen-bond acceptors (Lipinski definition) is 4. The number of nitrogens with one attached hydrogen (secondary N) is 1. The number of phenols is 1. The van der Waals surface area contributed by atoms with Crippen LogP contribution in [0.5, 0.6) is 5.75 Å². The number of rotatable bonds is 6. The van der Waals surface area contributed by atoms with Gasteiger partial charge in [-0.15, -0.1) is 0 Å². The molecular weight excluding hydrogens is 395 g/mol. The molecule has 3 N–H and O–H groups in total. The molecule has 1 atom stereocenters. The first-order chi connectivity index (χ1) is 13.9. The molecule has 3 aromatic rings. The molecule has 1 unspecified atom stereocenters. The number of aryl methyl sites for hydroxylation is 1. The van der Waals surface area contributed by atoms with E-state index in [0.717, 1.165) is 0 Å². The predicted octanol–water partition coefficient (Wildman–Crippen LogP) is 4.69. The minimum absolute atomic E-state index is 0.138. The highest BCUT2D eigenvalue weighted by molar-refractivity contribution is 5.64. The van der Waals surface area contributed by atoms with Crippen molar-refractivity contribution in [1.29, 1.82) is 0 Å². The number of hydrogen-bond donors (Lipinski definition) is 3. The number of aromatic hydroxyl groups is 1. The maximum Gasteiger partial charge on any atom is 0.417 e. The first-order valence-corrected chi connectivity index (χ1v) is 9.44. The Morgan fingerprint density at radius 3 is 2.23 bits per heavy atom. The smallest absolute Gasteiger partial charge is 0.417 e. The first-order valence-electron chi connectivity index (χ1n) is 9.44. The van der Waals surface area contributed by atoms with Gasteiger partial charge in [0, 0.05) is 41.3 Å². The molecule has 0 aliphatic rings. The Kier molecular flexibility index (Phi) is 5.64. The SMILES string of the molecule is Cc1ccc(CC(O)(CC(C)(C)c2cc(-c3cncnc3)ccc2O)C(F)(F)F)[nH]1. The fourth-order valence-electron chi connectivity index (χ4n) is 3.78. The number of aromatic amines is 1. The molecule has 0 radical (unpaired) electrons. The van der Waals surface area contributed by atoms with E-state index in [9.17, 15) is 23.4 Å². The van der Waals surface area contributed by atoms with Crippen molar-refractivity contribution in [3.05, 3.63) is 66.0 Å². The van der Waals surface area contributed by atoms with E-state index in [4.69, 9.17) is 0 Å². The molecule has 0 saturated heterocycles. The lowest BCUT2D eigenvalue weighted by atomic mass is 9.72. The van der Waals surface area contributed by atoms with Gasteiger partial charge < -0.3 is 15.2 Å². The molecule has 30 heavy (non-hydrogen) atoms. The molecule has 0 saturated carbocycles. The molecular formula is C22H24F3N3O2. The maximum absolute atomic E-state index is 13.9. The summed E-state index contributed by atoms with van der Waals surface area (Å²) in [6.45, 7) is 4.88. The Labute approximate surface area is 172 Å². The zero-order chi connectivity index (χ0) is 22.2. The lowest BCUT2D eigenvalue weighted by Gasteiger charge is -2.38. The van der Waals surface area contributed by atoms with Crippen molar-refractivity contribution >= 4 is 0 Å². The zero-order valence-corrected chi connectivity index (χ0v) is 17.0. The molecule has 0 aliphatic carbocycles. The third-order valence-electron chi connectivity index (χ3n) is 5.26. The summed E-state index contributed by atoms with van der Waals surface area (Å²) in [6.07, 6.45) is -1.57. The summed E-state index contributed by atoms with van der Waals surface area (Å²) in [4.78, 5) is 10.7. The predicted molar refractivity (Wildman–Crippen MR) is 107 cm³/mol. The minimum atomic E-state index is -4.86. The molecule has 0 bridgehead atoms. The van der Waals surface area contributed by atoms with Crippen LogP contribution in [-0.4, -0.2) is 36.9 Å². The molecule has 0 spiro atoms. The second-order valence-electron chi connectivity index (χ2n) is 8.29. The topological polar surface area (TPSA) is 82.0 Å². The standard InChI is InChI=1S/C22H24F3N3O2/c1-14-4-6-17(28-14)9-21(30,22(23,24)25)12-20(2,3)18-8-15(5-7-19(18)29)16-10-26-13-27-11-16/h4-8,10-11,13,28-30H,9,12H2,1-3H3. The van der Waals surface area contributed by atoms with E-state index in [0.29, 0.717) is 28.1 Å². The van der Waals surface area contributed by atoms with Gasteiger partial charge in [-0.2, -0.15) is 13.2 Å². The van der Waals surface area contributed by atoms with Crippen LogP contribution in [0.3, 0.4) is 0 Å². The molecule has 0 amide bonds. The van der Waals surface area contributed by atoms with Crippen LogP contribution < -0.4 is 0 Å². The van der Waals surface area contributed by atoms with Gasteiger partial charge in [-0.25, -0.2) is 9.97 Å². The highest BCUT2D eigenvalue weighted by atomic mass is 19.4. The average molecular weight is 419 g/mol. The quantitative estimate of drug-likeness (QED) is 0.541. The Morgan fingerprint density at radius 2 is 1.67 bits per heavy atom. The number of aliphatic hydroxyl groups is 1. The number of aromatic nitrogens is 3. The van der Waals surface area contributed by atoms with Gasteiger partial charge in [0.15, 0.2) is 5.60 Å². The third kappa shape index (κ3) is 4.48. The number of benzene rings is 1. The summed E-state index contributed by atoms with van der Waals surface area (Å²) in [5.41, 5.74) is -1.54. The summed E-state index contributed by atoms with van der Waals surface area (Å²) >= 11 is 0. The maximum atomic E-state index is 13.9. The van der Waals surface area contributed by atoms with Gasteiger partial charge >= 0.3 is 6.18 Å². The summed E-state index contributed by atoms with van der Waals surface area (Å²) in [5, 5.41) is 21.1. The first kappa shape index (κ1) is 21.8. The van der Waals surface area contributed by atoms with Crippen molar-refractivity contribution in [1.82, 2.24) is 15.0 Å². The molecule has 2 heterocycles. The van der Waals surface area contributed by atoms with Crippen LogP contribution in [0.1, 0.15) is 37.2 Å². The van der Waals surface area contributed by atoms with Crippen LogP contribution in [0.15, 0.2) is 49.1 Å². The van der Waals surface area contributed by atoms with Gasteiger partial charge in [-0.3, -0.25) is 0 Å². The highest BCUT2D eigenvalue weighted by Gasteiger charge is 2.56. The minimum Gasteiger partial charge on any atom is -0.508 e. The largest absolute Gasteiger partial charge is 0.508 e. The lowest BCUT2D eigenvalue weighted by molar-refractivity contribution is -0.266. The fraction of sp³-hybridized carbons (Fsp3) is 0.364. The van der Waals surface area contributed by atoms with E-state index in [1.54, 1.807) is 51.4 Å². The second kappa shape index (κ2) is 7.75. The van der Waals surface area contributed by atoms with E-state index < -0.39 is 30.0 Å². The van der Waals surface area contributed by atoms with Crippen molar-refractivity contribution in [3.8, 4) is 16.9 Å². The molecule has 1 aromatic carbocycles. The van der Waals surface area contributed by atoms with Gasteiger partial charge in [0.25, 0.3) is 0 Å². The summed E-state index contributed by atoms with van der Waals surface area (Å²) < 4.78 is 41.8. The van der Waals surface area contributed by atoms with E-state index >= 15 is 0 Å². The van der Waals surface area contributed by atoms with Gasteiger partial charge in [0.1, 0.15) is 12.1 Å². The molecule has 3 rings (SSSR count). The van der Waals surface area contributed by atoms with Gasteiger partial charge in [0.2, 0.25) is 0 Å². The summed E-state index contributed by atoms with van der Waals surface area (Å²) in [7, 11) is 0. The summed E-state index contributed by atoms with van der Waals surface area (Å²) in [5.74, 6) is -0.138. The molecule has 0 fully saturated rings. The number of nitrogens with zero attached hydrogens (tertiary/aromatic N) is 2. The zero-order valence-electron chi connectivity index (χ0n) is 17.0. The van der Waals surface area contributed by atoms with Crippen molar-refractivity contribution in [2.75, 3.05) is 0 Å². The van der Waals surface area contributed by atoms with Crippen LogP contribution in [0, 0.1) is 6.92 Å². The highest BCUT2D eigenvalue weighted by Crippen LogP contribution is 2.45. The van der Waals surface area contributed by atoms with Crippen LogP contribution in [0.25, 0.3) is 11.1 Å². The van der Waals surface area contributed by atoms with Crippen molar-refractivity contribution < 1.29 is 23.4 Å². The van der Waals surface area contributed by atoms with E-state index in [2.05, 4.69) is 15.0 Å². The third-order valence-corrected chi connectivity index (χ3v) is 5.26. The van der Waals surface area contributed by atoms with Crippen LogP contribution in [0.4, 0.5) is 13.2 Å². The average Bonchev–Trinajstić information content (AvgIpc) is 3.05. The van der Waals surface area contributed by atoms with Crippen molar-refractivity contribution in [2.24, 2.45) is 0 Å². The lowest BCUT2D eigenvalue weighted by Crippen LogP contribution is -2.50. The molecule has 160 valence electrons. The Morgan fingerprint density at radius 1 is 1.00 bits per heavy atom. The number of H-pyrrole nitrogens is 1. The Bertz CT molecular complexity index is 1020. The second-order valence-corrected chi connectivity index (χ2v) is 8.29. The van der Waals surface area contributed by atoms with Gasteiger partial charge in [-0.1, -0.05) is 19.9 Å². The fourth-order valence-corrected chi connectivity index (χ4v) is 3.78. The number of alkyl halides is 3. The van der Waals surface area contributed by atoms with Gasteiger partial charge in [-0.05, 0) is 48.6 Å². The van der Waals surface area contributed by atoms with Crippen LogP contribution >= 0.6 is 0 Å². The summed E-state index contributed by atoms with van der Waals surface area (Å²) in [6, 6.07) is 7.89. The normalized spacial score (nSPS) is 14.5. The van der Waals surface area contributed by atoms with Crippen molar-refractivity contribution in [2.45, 2.75) is 50.8 Å².